The van der Waals surface area contributed by atoms with Crippen LogP contribution < -0.4 is 10.1 Å². The molecular weight excluding hydrogens is 362 g/mol. The number of amides is 1. The highest BCUT2D eigenvalue weighted by Gasteiger charge is 2.27. The Bertz CT molecular complexity index is 902. The number of aromatic nitrogens is 1. The lowest BCUT2D eigenvalue weighted by Crippen LogP contribution is -2.35. The van der Waals surface area contributed by atoms with Crippen molar-refractivity contribution in [2.24, 2.45) is 10.4 Å². The minimum Gasteiger partial charge on any atom is -0.465 e. The zero-order valence-corrected chi connectivity index (χ0v) is 17.5. The van der Waals surface area contributed by atoms with Crippen LogP contribution in [0.5, 0.6) is 0 Å². The van der Waals surface area contributed by atoms with E-state index in [4.69, 9.17) is 10.1 Å². The number of carboxylic acid groups (broad SMARTS) is 1. The molecule has 0 aliphatic heterocycles. The first-order valence-corrected chi connectivity index (χ1v) is 9.71. The van der Waals surface area contributed by atoms with Gasteiger partial charge in [-0.15, -0.1) is 0 Å². The van der Waals surface area contributed by atoms with Crippen LogP contribution in [0.4, 0.5) is 10.5 Å². The van der Waals surface area contributed by atoms with E-state index in [1.807, 2.05) is 63.5 Å². The lowest BCUT2D eigenvalue weighted by atomic mass is 9.82. The van der Waals surface area contributed by atoms with Gasteiger partial charge in [-0.2, -0.15) is 0 Å². The molecule has 1 amide bonds. The van der Waals surface area contributed by atoms with Gasteiger partial charge in [-0.05, 0) is 37.0 Å². The molecule has 2 aromatic rings. The van der Waals surface area contributed by atoms with E-state index in [-0.39, 0.29) is 17.2 Å². The first-order chi connectivity index (χ1) is 12.5. The molecule has 2 rings (SSSR count). The molecule has 146 valence electrons. The average Bonchev–Trinajstić information content (AvgIpc) is 2.88. The molecule has 0 saturated heterocycles. The number of carbonyl (C=O) groups is 2. The van der Waals surface area contributed by atoms with Crippen LogP contribution >= 0.6 is 11.3 Å². The predicted octanol–water partition coefficient (Wildman–Crippen LogP) is 4.67. The van der Waals surface area contributed by atoms with Gasteiger partial charge in [-0.25, -0.2) is 9.79 Å². The molecule has 0 bridgehead atoms. The molecule has 1 heterocycles. The molecule has 2 N–H and O–H groups in total. The molecule has 1 atom stereocenters. The van der Waals surface area contributed by atoms with Gasteiger partial charge >= 0.3 is 6.09 Å². The average molecular weight is 390 g/mol. The summed E-state index contributed by atoms with van der Waals surface area (Å²) >= 11 is 1.39. The van der Waals surface area contributed by atoms with Crippen LogP contribution in [0.15, 0.2) is 29.3 Å². The number of Topliss-reactive ketones (excluding diaryl/α,β-unsaturated/α-hetero) is 1. The molecule has 1 aromatic heterocycles. The fourth-order valence-electron chi connectivity index (χ4n) is 3.04. The van der Waals surface area contributed by atoms with Crippen LogP contribution in [-0.4, -0.2) is 21.6 Å². The summed E-state index contributed by atoms with van der Waals surface area (Å²) < 4.78 is 2.03. The molecule has 0 fully saturated rings. The van der Waals surface area contributed by atoms with Crippen molar-refractivity contribution in [2.45, 2.75) is 54.1 Å². The Morgan fingerprint density at radius 1 is 1.26 bits per heavy atom. The summed E-state index contributed by atoms with van der Waals surface area (Å²) in [6, 6.07) is 7.22. The second-order valence-corrected chi connectivity index (χ2v) is 8.53. The summed E-state index contributed by atoms with van der Waals surface area (Å²) in [5.74, 6) is 0.0456. The Balaban J connectivity index is 2.43. The fraction of sp³-hybridized carbons (Fsp3) is 0.450. The third-order valence-corrected chi connectivity index (χ3v) is 5.66. The normalized spacial score (nSPS) is 13.5. The van der Waals surface area contributed by atoms with Crippen molar-refractivity contribution >= 4 is 28.9 Å². The van der Waals surface area contributed by atoms with Crippen LogP contribution in [0.25, 0.3) is 0 Å². The number of thiazole rings is 1. The lowest BCUT2D eigenvalue weighted by molar-refractivity contribution is 0.102. The summed E-state index contributed by atoms with van der Waals surface area (Å²) in [6.45, 7) is 12.2. The molecule has 0 aliphatic carbocycles. The number of hydrogen-bond acceptors (Lipinski definition) is 4. The number of benzene rings is 1. The smallest absolute Gasteiger partial charge is 0.405 e. The van der Waals surface area contributed by atoms with Crippen LogP contribution in [0.2, 0.25) is 0 Å². The summed E-state index contributed by atoms with van der Waals surface area (Å²) in [4.78, 5) is 29.1. The van der Waals surface area contributed by atoms with Crippen molar-refractivity contribution in [2.75, 3.05) is 0 Å². The van der Waals surface area contributed by atoms with Crippen LogP contribution in [0.3, 0.4) is 0 Å². The SMILES string of the molecule is CCn1c(C)c(C(C)=O)sc1=Nc1ccc(C(NC(=O)O)C(C)(C)C)cc1. The molecule has 1 aromatic carbocycles. The van der Waals surface area contributed by atoms with Crippen molar-refractivity contribution in [3.63, 3.8) is 0 Å². The van der Waals surface area contributed by atoms with Gasteiger partial charge in [0.25, 0.3) is 0 Å². The van der Waals surface area contributed by atoms with Crippen molar-refractivity contribution in [3.8, 4) is 0 Å². The van der Waals surface area contributed by atoms with Gasteiger partial charge < -0.3 is 15.0 Å². The number of nitrogens with one attached hydrogen (secondary N) is 1. The first-order valence-electron chi connectivity index (χ1n) is 8.90. The van der Waals surface area contributed by atoms with Crippen LogP contribution in [0, 0.1) is 12.3 Å². The molecule has 6 nitrogen and oxygen atoms in total. The minimum atomic E-state index is -1.04. The van der Waals surface area contributed by atoms with Gasteiger partial charge in [0.05, 0.1) is 16.6 Å². The van der Waals surface area contributed by atoms with Gasteiger partial charge in [-0.1, -0.05) is 44.2 Å². The third kappa shape index (κ3) is 4.86. The zero-order chi connectivity index (χ0) is 20.4. The van der Waals surface area contributed by atoms with Gasteiger partial charge in [0, 0.05) is 19.2 Å². The quantitative estimate of drug-likeness (QED) is 0.729. The Hall–Kier alpha value is -2.41. The van der Waals surface area contributed by atoms with Gasteiger partial charge in [0.2, 0.25) is 0 Å². The maximum atomic E-state index is 11.8. The monoisotopic (exact) mass is 389 g/mol. The van der Waals surface area contributed by atoms with E-state index in [2.05, 4.69) is 5.32 Å². The summed E-state index contributed by atoms with van der Waals surface area (Å²) in [5.41, 5.74) is 2.33. The van der Waals surface area contributed by atoms with Crippen molar-refractivity contribution in [1.82, 2.24) is 9.88 Å². The molecule has 0 aliphatic rings. The summed E-state index contributed by atoms with van der Waals surface area (Å²) in [6.07, 6.45) is -1.04. The highest BCUT2D eigenvalue weighted by atomic mass is 32.1. The minimum absolute atomic E-state index is 0.0456. The number of hydrogen-bond donors (Lipinski definition) is 2. The second kappa shape index (κ2) is 8.08. The van der Waals surface area contributed by atoms with Crippen LogP contribution in [0.1, 0.15) is 61.6 Å². The van der Waals surface area contributed by atoms with E-state index in [1.165, 1.54) is 11.3 Å². The largest absolute Gasteiger partial charge is 0.465 e. The lowest BCUT2D eigenvalue weighted by Gasteiger charge is -2.30. The Morgan fingerprint density at radius 2 is 1.85 bits per heavy atom. The van der Waals surface area contributed by atoms with Crippen molar-refractivity contribution in [1.29, 1.82) is 0 Å². The molecule has 1 unspecified atom stereocenters. The topological polar surface area (TPSA) is 83.7 Å². The molecule has 0 spiro atoms. The number of ketones is 1. The zero-order valence-electron chi connectivity index (χ0n) is 16.7. The summed E-state index contributed by atoms with van der Waals surface area (Å²) in [7, 11) is 0. The van der Waals surface area contributed by atoms with E-state index in [1.54, 1.807) is 6.92 Å². The Labute approximate surface area is 163 Å². The van der Waals surface area contributed by atoms with Gasteiger partial charge in [0.15, 0.2) is 10.6 Å². The maximum absolute atomic E-state index is 11.8. The van der Waals surface area contributed by atoms with Crippen molar-refractivity contribution in [3.05, 3.63) is 45.2 Å². The van der Waals surface area contributed by atoms with Crippen LogP contribution in [-0.2, 0) is 6.54 Å². The first kappa shape index (κ1) is 20.9. The third-order valence-electron chi connectivity index (χ3n) is 4.38. The fourth-order valence-corrected chi connectivity index (χ4v) is 4.16. The van der Waals surface area contributed by atoms with E-state index >= 15 is 0 Å². The molecule has 7 heteroatoms. The standard InChI is InChI=1S/C20H27N3O3S/c1-7-23-12(2)16(13(3)24)27-18(23)21-15-10-8-14(9-11-15)17(20(4,5)6)22-19(25)26/h8-11,17,22H,7H2,1-6H3,(H,25,26). The second-order valence-electron chi connectivity index (χ2n) is 7.55. The number of rotatable bonds is 5. The Kier molecular flexibility index (Phi) is 6.26. The van der Waals surface area contributed by atoms with Gasteiger partial charge in [0.1, 0.15) is 0 Å². The highest BCUT2D eigenvalue weighted by Crippen LogP contribution is 2.33. The number of nitrogens with zero attached hydrogens (tertiary/aromatic N) is 2. The molecule has 27 heavy (non-hydrogen) atoms. The number of carbonyl (C=O) groups excluding carboxylic acids is 1. The van der Waals surface area contributed by atoms with Gasteiger partial charge in [-0.3, -0.25) is 4.79 Å². The van der Waals surface area contributed by atoms with E-state index in [9.17, 15) is 9.59 Å². The molecule has 0 radical (unpaired) electrons. The maximum Gasteiger partial charge on any atom is 0.405 e. The molecular formula is C20H27N3O3S. The predicted molar refractivity (Wildman–Crippen MR) is 108 cm³/mol. The highest BCUT2D eigenvalue weighted by molar-refractivity contribution is 7.11. The summed E-state index contributed by atoms with van der Waals surface area (Å²) in [5, 5.41) is 11.7. The molecule has 0 saturated carbocycles. The van der Waals surface area contributed by atoms with E-state index in [0.29, 0.717) is 0 Å². The van der Waals surface area contributed by atoms with E-state index < -0.39 is 6.09 Å². The Morgan fingerprint density at radius 3 is 2.30 bits per heavy atom. The van der Waals surface area contributed by atoms with E-state index in [0.717, 1.165) is 33.2 Å². The van der Waals surface area contributed by atoms with Crippen molar-refractivity contribution < 1.29 is 14.7 Å².